The third-order valence-corrected chi connectivity index (χ3v) is 3.78. The van der Waals surface area contributed by atoms with Crippen LogP contribution in [-0.2, 0) is 6.42 Å². The van der Waals surface area contributed by atoms with Gasteiger partial charge in [-0.2, -0.15) is 4.39 Å². The van der Waals surface area contributed by atoms with E-state index < -0.39 is 27.8 Å². The molecule has 0 amide bonds. The van der Waals surface area contributed by atoms with E-state index in [0.29, 0.717) is 24.4 Å². The van der Waals surface area contributed by atoms with Crippen molar-refractivity contribution < 1.29 is 13.7 Å². The van der Waals surface area contributed by atoms with Crippen LogP contribution in [0.4, 0.5) is 14.5 Å². The Balaban J connectivity index is 2.44. The predicted molar refractivity (Wildman–Crippen MR) is 73.2 cm³/mol. The molecule has 0 saturated carbocycles. The summed E-state index contributed by atoms with van der Waals surface area (Å²) in [5, 5.41) is 12.4. The molecule has 2 aromatic rings. The molecule has 1 aromatic heterocycles. The Labute approximate surface area is 122 Å². The van der Waals surface area contributed by atoms with E-state index in [0.717, 1.165) is 23.5 Å². The summed E-state index contributed by atoms with van der Waals surface area (Å²) in [6.45, 7) is 0. The number of hydrogen-bond acceptors (Lipinski definition) is 4. The van der Waals surface area contributed by atoms with Gasteiger partial charge in [0.1, 0.15) is 10.8 Å². The third-order valence-electron chi connectivity index (χ3n) is 2.60. The highest BCUT2D eigenvalue weighted by molar-refractivity contribution is 7.13. The number of nitro groups is 1. The highest BCUT2D eigenvalue weighted by Crippen LogP contribution is 2.33. The van der Waals surface area contributed by atoms with Crippen LogP contribution in [-0.4, -0.2) is 15.8 Å². The van der Waals surface area contributed by atoms with Crippen molar-refractivity contribution in [3.05, 3.63) is 45.0 Å². The van der Waals surface area contributed by atoms with Crippen LogP contribution >= 0.6 is 22.9 Å². The average Bonchev–Trinajstić information content (AvgIpc) is 2.84. The Hall–Kier alpha value is -1.60. The van der Waals surface area contributed by atoms with Crippen molar-refractivity contribution >= 4 is 28.6 Å². The molecule has 8 heteroatoms. The van der Waals surface area contributed by atoms with E-state index in [9.17, 15) is 18.9 Å². The second-order valence-corrected chi connectivity index (χ2v) is 5.19. The van der Waals surface area contributed by atoms with Gasteiger partial charge in [0.25, 0.3) is 0 Å². The van der Waals surface area contributed by atoms with Crippen molar-refractivity contribution in [2.75, 3.05) is 5.88 Å². The maximum absolute atomic E-state index is 14.0. The molecular formula is C12H9ClF2N2O2S. The van der Waals surface area contributed by atoms with Crippen molar-refractivity contribution in [3.8, 4) is 10.6 Å². The predicted octanol–water partition coefficient (Wildman–Crippen LogP) is 4.17. The highest BCUT2D eigenvalue weighted by atomic mass is 35.5. The number of hydrogen-bond donors (Lipinski definition) is 0. The lowest BCUT2D eigenvalue weighted by Gasteiger charge is -2.02. The van der Waals surface area contributed by atoms with Crippen LogP contribution in [0.3, 0.4) is 0 Å². The molecule has 106 valence electrons. The highest BCUT2D eigenvalue weighted by Gasteiger charge is 2.24. The van der Waals surface area contributed by atoms with Crippen LogP contribution in [0.25, 0.3) is 10.6 Å². The second kappa shape index (κ2) is 6.23. The van der Waals surface area contributed by atoms with Crippen molar-refractivity contribution in [3.63, 3.8) is 0 Å². The quantitative estimate of drug-likeness (QED) is 0.472. The topological polar surface area (TPSA) is 56.0 Å². The molecular weight excluding hydrogens is 310 g/mol. The number of nitro benzene ring substituents is 1. The van der Waals surface area contributed by atoms with Crippen LogP contribution < -0.4 is 0 Å². The van der Waals surface area contributed by atoms with Gasteiger partial charge >= 0.3 is 5.69 Å². The molecule has 0 saturated heterocycles. The van der Waals surface area contributed by atoms with E-state index in [-0.39, 0.29) is 5.01 Å². The lowest BCUT2D eigenvalue weighted by atomic mass is 10.1. The minimum atomic E-state index is -1.20. The molecule has 4 nitrogen and oxygen atoms in total. The molecule has 1 aromatic carbocycles. The minimum absolute atomic E-state index is 0.0910. The number of rotatable bonds is 5. The van der Waals surface area contributed by atoms with E-state index in [1.165, 1.54) is 0 Å². The Morgan fingerprint density at radius 3 is 2.80 bits per heavy atom. The number of aryl methyl sites for hydroxylation is 1. The maximum Gasteiger partial charge on any atom is 0.305 e. The lowest BCUT2D eigenvalue weighted by Crippen LogP contribution is -1.97. The van der Waals surface area contributed by atoms with Gasteiger partial charge in [-0.1, -0.05) is 0 Å². The van der Waals surface area contributed by atoms with E-state index >= 15 is 0 Å². The lowest BCUT2D eigenvalue weighted by molar-refractivity contribution is -0.387. The Morgan fingerprint density at radius 2 is 2.15 bits per heavy atom. The monoisotopic (exact) mass is 318 g/mol. The molecule has 0 N–H and O–H groups in total. The first-order chi connectivity index (χ1) is 9.54. The molecule has 20 heavy (non-hydrogen) atoms. The molecule has 0 aliphatic rings. The fourth-order valence-corrected chi connectivity index (χ4v) is 2.69. The van der Waals surface area contributed by atoms with Gasteiger partial charge in [-0.15, -0.1) is 22.9 Å². The van der Waals surface area contributed by atoms with E-state index in [2.05, 4.69) is 4.98 Å². The smallest absolute Gasteiger partial charge is 0.258 e. The minimum Gasteiger partial charge on any atom is -0.258 e. The number of nitrogens with zero attached hydrogens (tertiary/aromatic N) is 2. The fourth-order valence-electron chi connectivity index (χ4n) is 1.66. The molecule has 2 rings (SSSR count). The summed E-state index contributed by atoms with van der Waals surface area (Å²) in [4.78, 5) is 13.9. The van der Waals surface area contributed by atoms with Gasteiger partial charge in [-0.25, -0.2) is 9.37 Å². The first kappa shape index (κ1) is 14.8. The summed E-state index contributed by atoms with van der Waals surface area (Å²) in [5.41, 5.74) is -0.559. The van der Waals surface area contributed by atoms with Gasteiger partial charge in [0.15, 0.2) is 0 Å². The molecule has 0 aliphatic carbocycles. The zero-order valence-corrected chi connectivity index (χ0v) is 11.7. The Bertz CT molecular complexity index is 648. The summed E-state index contributed by atoms with van der Waals surface area (Å²) >= 11 is 6.61. The average molecular weight is 319 g/mol. The van der Waals surface area contributed by atoms with E-state index in [1.807, 2.05) is 0 Å². The molecule has 0 bridgehead atoms. The summed E-state index contributed by atoms with van der Waals surface area (Å²) in [6, 6.07) is 1.67. The van der Waals surface area contributed by atoms with Gasteiger partial charge in [0.05, 0.1) is 16.2 Å². The molecule has 0 unspecified atom stereocenters. The number of thiazole rings is 1. The summed E-state index contributed by atoms with van der Waals surface area (Å²) < 4.78 is 27.7. The van der Waals surface area contributed by atoms with E-state index in [4.69, 9.17) is 11.6 Å². The van der Waals surface area contributed by atoms with Crippen molar-refractivity contribution in [2.24, 2.45) is 0 Å². The Kier molecular flexibility index (Phi) is 4.61. The van der Waals surface area contributed by atoms with Gasteiger partial charge in [0.2, 0.25) is 5.82 Å². The fraction of sp³-hybridized carbons (Fsp3) is 0.250. The zero-order chi connectivity index (χ0) is 14.7. The van der Waals surface area contributed by atoms with Gasteiger partial charge < -0.3 is 0 Å². The van der Waals surface area contributed by atoms with Crippen LogP contribution in [0.2, 0.25) is 0 Å². The molecule has 0 spiro atoms. The number of alkyl halides is 1. The van der Waals surface area contributed by atoms with Gasteiger partial charge in [0, 0.05) is 17.3 Å². The molecule has 1 heterocycles. The van der Waals surface area contributed by atoms with Gasteiger partial charge in [-0.05, 0) is 18.9 Å². The molecule has 0 atom stereocenters. The molecule has 0 aliphatic heterocycles. The first-order valence-electron chi connectivity index (χ1n) is 5.67. The van der Waals surface area contributed by atoms with Crippen LogP contribution in [0.15, 0.2) is 17.5 Å². The standard InChI is InChI=1S/C12H9ClF2N2O2S/c13-5-1-2-7-6-20-12(16-7)10-8(14)3-4-9(11(10)15)17(18)19/h3-4,6H,1-2,5H2. The molecule has 0 fully saturated rings. The van der Waals surface area contributed by atoms with Gasteiger partial charge in [-0.3, -0.25) is 10.1 Å². The Morgan fingerprint density at radius 1 is 1.40 bits per heavy atom. The van der Waals surface area contributed by atoms with Crippen LogP contribution in [0, 0.1) is 21.7 Å². The summed E-state index contributed by atoms with van der Waals surface area (Å²) in [5.74, 6) is -1.61. The third kappa shape index (κ3) is 2.94. The van der Waals surface area contributed by atoms with Crippen LogP contribution in [0.5, 0.6) is 0 Å². The van der Waals surface area contributed by atoms with Crippen LogP contribution in [0.1, 0.15) is 12.1 Å². The number of benzene rings is 1. The summed E-state index contributed by atoms with van der Waals surface area (Å²) in [6.07, 6.45) is 1.29. The van der Waals surface area contributed by atoms with Crippen molar-refractivity contribution in [2.45, 2.75) is 12.8 Å². The maximum atomic E-state index is 14.0. The van der Waals surface area contributed by atoms with Crippen molar-refractivity contribution in [1.82, 2.24) is 4.98 Å². The SMILES string of the molecule is O=[N+]([O-])c1ccc(F)c(-c2nc(CCCCl)cs2)c1F. The largest absolute Gasteiger partial charge is 0.305 e. The second-order valence-electron chi connectivity index (χ2n) is 3.95. The van der Waals surface area contributed by atoms with Crippen molar-refractivity contribution in [1.29, 1.82) is 0 Å². The van der Waals surface area contributed by atoms with E-state index in [1.54, 1.807) is 5.38 Å². The summed E-state index contributed by atoms with van der Waals surface area (Å²) in [7, 11) is 0. The zero-order valence-electron chi connectivity index (χ0n) is 10.1. The molecule has 0 radical (unpaired) electrons. The first-order valence-corrected chi connectivity index (χ1v) is 7.09. The number of halogens is 3. The number of aromatic nitrogens is 1. The normalized spacial score (nSPS) is 10.8.